The zero-order valence-corrected chi connectivity index (χ0v) is 12.6. The second-order valence-corrected chi connectivity index (χ2v) is 5.53. The van der Waals surface area contributed by atoms with Crippen LogP contribution in [-0.2, 0) is 7.05 Å². The number of piperazine rings is 1. The summed E-state index contributed by atoms with van der Waals surface area (Å²) in [6.07, 6.45) is 1.98. The Bertz CT molecular complexity index is 414. The van der Waals surface area contributed by atoms with Crippen LogP contribution in [0.15, 0.2) is 6.20 Å². The second-order valence-electron chi connectivity index (χ2n) is 5.53. The van der Waals surface area contributed by atoms with E-state index in [2.05, 4.69) is 35.7 Å². The molecule has 5 heteroatoms. The van der Waals surface area contributed by atoms with Crippen LogP contribution in [0, 0.1) is 6.92 Å². The predicted octanol–water partition coefficient (Wildman–Crippen LogP) is 0.754. The minimum Gasteiger partial charge on any atom is -0.329 e. The average molecular weight is 265 g/mol. The van der Waals surface area contributed by atoms with E-state index in [1.165, 1.54) is 11.3 Å². The molecule has 1 saturated heterocycles. The highest BCUT2D eigenvalue weighted by Gasteiger charge is 2.29. The monoisotopic (exact) mass is 265 g/mol. The average Bonchev–Trinajstić information content (AvgIpc) is 2.72. The molecule has 108 valence electrons. The number of nitrogens with zero attached hydrogens (tertiary/aromatic N) is 4. The second kappa shape index (κ2) is 6.03. The first-order chi connectivity index (χ1) is 9.08. The summed E-state index contributed by atoms with van der Waals surface area (Å²) in [7, 11) is 1.99. The largest absolute Gasteiger partial charge is 0.329 e. The quantitative estimate of drug-likeness (QED) is 0.873. The number of aromatic nitrogens is 2. The van der Waals surface area contributed by atoms with Gasteiger partial charge in [-0.1, -0.05) is 6.92 Å². The number of hydrogen-bond donors (Lipinski definition) is 1. The number of aryl methyl sites for hydroxylation is 1. The fraction of sp³-hybridized carbons (Fsp3) is 0.786. The Balaban J connectivity index is 2.13. The van der Waals surface area contributed by atoms with E-state index < -0.39 is 0 Å². The van der Waals surface area contributed by atoms with E-state index in [0.717, 1.165) is 26.2 Å². The van der Waals surface area contributed by atoms with Crippen LogP contribution in [0.5, 0.6) is 0 Å². The molecule has 0 amide bonds. The maximum Gasteiger partial charge on any atom is 0.0540 e. The van der Waals surface area contributed by atoms with Crippen LogP contribution >= 0.6 is 0 Å². The Kier molecular flexibility index (Phi) is 4.60. The number of hydrogen-bond acceptors (Lipinski definition) is 4. The smallest absolute Gasteiger partial charge is 0.0540 e. The maximum atomic E-state index is 6.03. The highest BCUT2D eigenvalue weighted by molar-refractivity contribution is 5.21. The topological polar surface area (TPSA) is 50.3 Å². The van der Waals surface area contributed by atoms with Gasteiger partial charge >= 0.3 is 0 Å². The third-order valence-electron chi connectivity index (χ3n) is 4.50. The lowest BCUT2D eigenvalue weighted by Crippen LogP contribution is -2.53. The molecular weight excluding hydrogens is 238 g/mol. The molecule has 2 N–H and O–H groups in total. The van der Waals surface area contributed by atoms with Crippen LogP contribution < -0.4 is 5.73 Å². The van der Waals surface area contributed by atoms with E-state index >= 15 is 0 Å². The Morgan fingerprint density at radius 2 is 2.21 bits per heavy atom. The lowest BCUT2D eigenvalue weighted by molar-refractivity contribution is 0.0604. The molecule has 19 heavy (non-hydrogen) atoms. The first-order valence-electron chi connectivity index (χ1n) is 7.25. The SMILES string of the molecule is CCN1CCN(C(CN)c2cnn(C)c2C)CC1C. The van der Waals surface area contributed by atoms with Crippen molar-refractivity contribution in [2.45, 2.75) is 32.9 Å². The first-order valence-corrected chi connectivity index (χ1v) is 7.25. The molecule has 1 aromatic rings. The van der Waals surface area contributed by atoms with Crippen molar-refractivity contribution in [1.82, 2.24) is 19.6 Å². The summed E-state index contributed by atoms with van der Waals surface area (Å²) in [5.41, 5.74) is 8.54. The van der Waals surface area contributed by atoms with Crippen molar-refractivity contribution >= 4 is 0 Å². The van der Waals surface area contributed by atoms with Gasteiger partial charge in [-0.2, -0.15) is 5.10 Å². The highest BCUT2D eigenvalue weighted by Crippen LogP contribution is 2.25. The molecule has 0 radical (unpaired) electrons. The molecule has 0 aliphatic carbocycles. The van der Waals surface area contributed by atoms with E-state index in [9.17, 15) is 0 Å². The minimum atomic E-state index is 0.301. The Morgan fingerprint density at radius 1 is 1.47 bits per heavy atom. The summed E-state index contributed by atoms with van der Waals surface area (Å²) in [6.45, 7) is 11.8. The fourth-order valence-corrected chi connectivity index (χ4v) is 3.09. The molecule has 2 unspecified atom stereocenters. The van der Waals surface area contributed by atoms with Crippen molar-refractivity contribution in [2.75, 3.05) is 32.7 Å². The van der Waals surface area contributed by atoms with Crippen molar-refractivity contribution in [2.24, 2.45) is 12.8 Å². The molecule has 0 saturated carbocycles. The van der Waals surface area contributed by atoms with E-state index in [-0.39, 0.29) is 0 Å². The van der Waals surface area contributed by atoms with Crippen LogP contribution in [0.2, 0.25) is 0 Å². The van der Waals surface area contributed by atoms with Crippen molar-refractivity contribution in [3.05, 3.63) is 17.5 Å². The standard InChI is InChI=1S/C14H27N5/c1-5-18-6-7-19(10-11(18)2)14(8-15)13-9-16-17(4)12(13)3/h9,11,14H,5-8,10,15H2,1-4H3. The summed E-state index contributed by atoms with van der Waals surface area (Å²) in [6, 6.07) is 0.903. The lowest BCUT2D eigenvalue weighted by Gasteiger charge is -2.42. The zero-order valence-electron chi connectivity index (χ0n) is 12.6. The van der Waals surface area contributed by atoms with Crippen LogP contribution in [-0.4, -0.2) is 58.3 Å². The van der Waals surface area contributed by atoms with Gasteiger partial charge in [0.25, 0.3) is 0 Å². The van der Waals surface area contributed by atoms with Crippen LogP contribution in [0.3, 0.4) is 0 Å². The van der Waals surface area contributed by atoms with Gasteiger partial charge in [0.05, 0.1) is 12.2 Å². The van der Waals surface area contributed by atoms with Gasteiger partial charge in [0, 0.05) is 50.5 Å². The third kappa shape index (κ3) is 2.83. The van der Waals surface area contributed by atoms with Crippen molar-refractivity contribution < 1.29 is 0 Å². The summed E-state index contributed by atoms with van der Waals surface area (Å²) >= 11 is 0. The molecule has 2 heterocycles. The third-order valence-corrected chi connectivity index (χ3v) is 4.50. The number of nitrogens with two attached hydrogens (primary N) is 1. The van der Waals surface area contributed by atoms with E-state index in [4.69, 9.17) is 5.73 Å². The molecule has 1 fully saturated rings. The molecule has 2 rings (SSSR count). The summed E-state index contributed by atoms with van der Waals surface area (Å²) in [5.74, 6) is 0. The molecule has 1 aliphatic heterocycles. The Labute approximate surface area is 116 Å². The summed E-state index contributed by atoms with van der Waals surface area (Å²) < 4.78 is 1.93. The molecule has 0 spiro atoms. The predicted molar refractivity (Wildman–Crippen MR) is 78.0 cm³/mol. The lowest BCUT2D eigenvalue weighted by atomic mass is 10.0. The van der Waals surface area contributed by atoms with E-state index in [1.807, 2.05) is 17.9 Å². The molecular formula is C14H27N5. The number of likely N-dealkylation sites (N-methyl/N-ethyl adjacent to an activating group) is 1. The van der Waals surface area contributed by atoms with Gasteiger partial charge in [0.1, 0.15) is 0 Å². The normalized spacial score (nSPS) is 23.7. The highest BCUT2D eigenvalue weighted by atomic mass is 15.3. The Morgan fingerprint density at radius 3 is 2.68 bits per heavy atom. The molecule has 1 aliphatic rings. The van der Waals surface area contributed by atoms with Gasteiger partial charge in [-0.05, 0) is 20.4 Å². The van der Waals surface area contributed by atoms with Gasteiger partial charge < -0.3 is 5.73 Å². The van der Waals surface area contributed by atoms with E-state index in [0.29, 0.717) is 18.6 Å². The molecule has 5 nitrogen and oxygen atoms in total. The van der Waals surface area contributed by atoms with Gasteiger partial charge in [0.15, 0.2) is 0 Å². The maximum absolute atomic E-state index is 6.03. The van der Waals surface area contributed by atoms with Gasteiger partial charge in [-0.3, -0.25) is 14.5 Å². The molecule has 2 atom stereocenters. The molecule has 0 aromatic carbocycles. The zero-order chi connectivity index (χ0) is 14.0. The van der Waals surface area contributed by atoms with Crippen molar-refractivity contribution in [3.63, 3.8) is 0 Å². The fourth-order valence-electron chi connectivity index (χ4n) is 3.09. The van der Waals surface area contributed by atoms with Gasteiger partial charge in [0.2, 0.25) is 0 Å². The number of rotatable bonds is 4. The van der Waals surface area contributed by atoms with Crippen molar-refractivity contribution in [1.29, 1.82) is 0 Å². The van der Waals surface area contributed by atoms with E-state index in [1.54, 1.807) is 0 Å². The van der Waals surface area contributed by atoms with Crippen LogP contribution in [0.25, 0.3) is 0 Å². The van der Waals surface area contributed by atoms with Crippen molar-refractivity contribution in [3.8, 4) is 0 Å². The minimum absolute atomic E-state index is 0.301. The first kappa shape index (κ1) is 14.5. The van der Waals surface area contributed by atoms with Crippen LogP contribution in [0.1, 0.15) is 31.1 Å². The Hall–Kier alpha value is -0.910. The molecule has 1 aromatic heterocycles. The molecule has 0 bridgehead atoms. The van der Waals surface area contributed by atoms with Crippen LogP contribution in [0.4, 0.5) is 0 Å². The summed E-state index contributed by atoms with van der Waals surface area (Å²) in [5, 5.41) is 4.35. The van der Waals surface area contributed by atoms with Gasteiger partial charge in [-0.25, -0.2) is 0 Å². The summed E-state index contributed by atoms with van der Waals surface area (Å²) in [4.78, 5) is 5.04. The van der Waals surface area contributed by atoms with Gasteiger partial charge in [-0.15, -0.1) is 0 Å².